The summed E-state index contributed by atoms with van der Waals surface area (Å²) in [6.07, 6.45) is 1.75. The molecule has 0 bridgehead atoms. The van der Waals surface area contributed by atoms with Crippen molar-refractivity contribution in [3.8, 4) is 17.0 Å². The van der Waals surface area contributed by atoms with Crippen LogP contribution in [0.25, 0.3) is 11.3 Å². The van der Waals surface area contributed by atoms with Crippen LogP contribution in [0, 0.1) is 0 Å². The van der Waals surface area contributed by atoms with E-state index in [2.05, 4.69) is 4.98 Å². The minimum Gasteiger partial charge on any atom is -0.497 e. The summed E-state index contributed by atoms with van der Waals surface area (Å²) in [6.45, 7) is 0. The van der Waals surface area contributed by atoms with E-state index in [4.69, 9.17) is 16.3 Å². The predicted molar refractivity (Wildman–Crippen MR) is 61.2 cm³/mol. The molecule has 2 nitrogen and oxygen atoms in total. The Morgan fingerprint density at radius 3 is 2.73 bits per heavy atom. The van der Waals surface area contributed by atoms with Crippen LogP contribution in [0.1, 0.15) is 0 Å². The summed E-state index contributed by atoms with van der Waals surface area (Å²) >= 11 is 5.97. The van der Waals surface area contributed by atoms with Gasteiger partial charge in [0.2, 0.25) is 0 Å². The first-order chi connectivity index (χ1) is 7.29. The molecule has 15 heavy (non-hydrogen) atoms. The number of ether oxygens (including phenoxy) is 1. The van der Waals surface area contributed by atoms with Crippen LogP contribution in [0.15, 0.2) is 42.6 Å². The van der Waals surface area contributed by atoms with Gasteiger partial charge in [-0.25, -0.2) is 0 Å². The number of hydrogen-bond acceptors (Lipinski definition) is 2. The second-order valence-corrected chi connectivity index (χ2v) is 3.53. The minimum atomic E-state index is 0.648. The third kappa shape index (κ3) is 2.28. The topological polar surface area (TPSA) is 22.1 Å². The number of hydrogen-bond donors (Lipinski definition) is 0. The van der Waals surface area contributed by atoms with Gasteiger partial charge in [0, 0.05) is 16.8 Å². The number of halogens is 1. The first kappa shape index (κ1) is 9.99. The van der Waals surface area contributed by atoms with Gasteiger partial charge in [-0.2, -0.15) is 0 Å². The molecule has 1 aromatic heterocycles. The first-order valence-electron chi connectivity index (χ1n) is 4.55. The van der Waals surface area contributed by atoms with E-state index in [1.54, 1.807) is 19.4 Å². The molecule has 0 radical (unpaired) electrons. The molecule has 1 heterocycles. The molecule has 0 saturated carbocycles. The van der Waals surface area contributed by atoms with E-state index in [9.17, 15) is 0 Å². The smallest absolute Gasteiger partial charge is 0.121 e. The average molecular weight is 220 g/mol. The molecule has 0 unspecified atom stereocenters. The lowest BCUT2D eigenvalue weighted by atomic mass is 10.1. The van der Waals surface area contributed by atoms with Crippen molar-refractivity contribution in [3.63, 3.8) is 0 Å². The molecular formula is C12H10ClNO. The summed E-state index contributed by atoms with van der Waals surface area (Å²) in [5, 5.41) is 0.648. The van der Waals surface area contributed by atoms with Crippen LogP contribution in [-0.2, 0) is 0 Å². The van der Waals surface area contributed by atoms with Gasteiger partial charge in [-0.1, -0.05) is 17.7 Å². The molecule has 0 fully saturated rings. The highest BCUT2D eigenvalue weighted by atomic mass is 35.5. The summed E-state index contributed by atoms with van der Waals surface area (Å²) in [5.41, 5.74) is 1.85. The highest BCUT2D eigenvalue weighted by Crippen LogP contribution is 2.26. The third-order valence-electron chi connectivity index (χ3n) is 2.07. The number of benzene rings is 1. The molecule has 3 heteroatoms. The minimum absolute atomic E-state index is 0.648. The molecule has 0 aliphatic rings. The highest BCUT2D eigenvalue weighted by Gasteiger charge is 2.02. The van der Waals surface area contributed by atoms with E-state index < -0.39 is 0 Å². The van der Waals surface area contributed by atoms with Crippen LogP contribution in [0.5, 0.6) is 5.75 Å². The molecule has 0 N–H and O–H groups in total. The maximum Gasteiger partial charge on any atom is 0.121 e. The van der Waals surface area contributed by atoms with E-state index >= 15 is 0 Å². The second-order valence-electron chi connectivity index (χ2n) is 3.09. The molecule has 2 rings (SSSR count). The Kier molecular flexibility index (Phi) is 2.88. The van der Waals surface area contributed by atoms with Gasteiger partial charge in [0.15, 0.2) is 0 Å². The van der Waals surface area contributed by atoms with Gasteiger partial charge in [-0.3, -0.25) is 4.98 Å². The van der Waals surface area contributed by atoms with Crippen molar-refractivity contribution >= 4 is 11.6 Å². The lowest BCUT2D eigenvalue weighted by Gasteiger charge is -2.05. The van der Waals surface area contributed by atoms with E-state index in [-0.39, 0.29) is 0 Å². The molecule has 0 atom stereocenters. The molecule has 2 aromatic rings. The van der Waals surface area contributed by atoms with Gasteiger partial charge in [-0.15, -0.1) is 0 Å². The van der Waals surface area contributed by atoms with Crippen LogP contribution < -0.4 is 4.74 Å². The third-order valence-corrected chi connectivity index (χ3v) is 2.29. The molecule has 0 amide bonds. The van der Waals surface area contributed by atoms with Gasteiger partial charge in [0.1, 0.15) is 5.75 Å². The monoisotopic (exact) mass is 219 g/mol. The fourth-order valence-corrected chi connectivity index (χ4v) is 1.59. The lowest BCUT2D eigenvalue weighted by Crippen LogP contribution is -1.86. The standard InChI is InChI=1S/C12H10ClNO/c1-15-11-7-9(6-10(13)8-11)12-4-2-3-5-14-12/h2-8H,1H3. The van der Waals surface area contributed by atoms with Crippen LogP contribution >= 0.6 is 11.6 Å². The average Bonchev–Trinajstić information content (AvgIpc) is 2.29. The molecule has 0 aliphatic heterocycles. The number of rotatable bonds is 2. The Labute approximate surface area is 93.5 Å². The van der Waals surface area contributed by atoms with E-state index in [1.165, 1.54) is 0 Å². The summed E-state index contributed by atoms with van der Waals surface area (Å²) in [6, 6.07) is 11.3. The molecule has 1 aromatic carbocycles. The normalized spacial score (nSPS) is 10.0. The zero-order chi connectivity index (χ0) is 10.7. The van der Waals surface area contributed by atoms with Crippen molar-refractivity contribution in [2.24, 2.45) is 0 Å². The molecule has 76 valence electrons. The molecule has 0 spiro atoms. The van der Waals surface area contributed by atoms with Crippen LogP contribution in [0.4, 0.5) is 0 Å². The summed E-state index contributed by atoms with van der Waals surface area (Å²) < 4.78 is 5.14. The summed E-state index contributed by atoms with van der Waals surface area (Å²) in [5.74, 6) is 0.739. The van der Waals surface area contributed by atoms with Crippen molar-refractivity contribution in [2.45, 2.75) is 0 Å². The first-order valence-corrected chi connectivity index (χ1v) is 4.93. The molecule has 0 aliphatic carbocycles. The van der Waals surface area contributed by atoms with Crippen LogP contribution in [0.2, 0.25) is 5.02 Å². The van der Waals surface area contributed by atoms with E-state index in [0.29, 0.717) is 5.02 Å². The Morgan fingerprint density at radius 2 is 2.07 bits per heavy atom. The largest absolute Gasteiger partial charge is 0.497 e. The Bertz CT molecular complexity index is 456. The Balaban J connectivity index is 2.49. The highest BCUT2D eigenvalue weighted by molar-refractivity contribution is 6.31. The zero-order valence-corrected chi connectivity index (χ0v) is 9.03. The number of methoxy groups -OCH3 is 1. The zero-order valence-electron chi connectivity index (χ0n) is 8.27. The second kappa shape index (κ2) is 4.32. The quantitative estimate of drug-likeness (QED) is 0.772. The Morgan fingerprint density at radius 1 is 1.20 bits per heavy atom. The Hall–Kier alpha value is -1.54. The van der Waals surface area contributed by atoms with E-state index in [1.807, 2.05) is 30.3 Å². The SMILES string of the molecule is COc1cc(Cl)cc(-c2ccccn2)c1. The summed E-state index contributed by atoms with van der Waals surface area (Å²) in [4.78, 5) is 4.25. The number of nitrogens with zero attached hydrogens (tertiary/aromatic N) is 1. The van der Waals surface area contributed by atoms with Gasteiger partial charge < -0.3 is 4.74 Å². The van der Waals surface area contributed by atoms with Gasteiger partial charge >= 0.3 is 0 Å². The predicted octanol–water partition coefficient (Wildman–Crippen LogP) is 3.41. The molecule has 0 saturated heterocycles. The maximum absolute atomic E-state index is 5.97. The fourth-order valence-electron chi connectivity index (χ4n) is 1.36. The van der Waals surface area contributed by atoms with Crippen molar-refractivity contribution in [1.29, 1.82) is 0 Å². The number of pyridine rings is 1. The van der Waals surface area contributed by atoms with Gasteiger partial charge in [0.25, 0.3) is 0 Å². The molecular weight excluding hydrogens is 210 g/mol. The van der Waals surface area contributed by atoms with Crippen molar-refractivity contribution in [1.82, 2.24) is 4.98 Å². The summed E-state index contributed by atoms with van der Waals surface area (Å²) in [7, 11) is 1.62. The van der Waals surface area contributed by atoms with Crippen LogP contribution in [0.3, 0.4) is 0 Å². The van der Waals surface area contributed by atoms with Crippen molar-refractivity contribution in [2.75, 3.05) is 7.11 Å². The number of aromatic nitrogens is 1. The van der Waals surface area contributed by atoms with Crippen LogP contribution in [-0.4, -0.2) is 12.1 Å². The van der Waals surface area contributed by atoms with Crippen molar-refractivity contribution < 1.29 is 4.74 Å². The van der Waals surface area contributed by atoms with Gasteiger partial charge in [0.05, 0.1) is 12.8 Å². The maximum atomic E-state index is 5.97. The van der Waals surface area contributed by atoms with Crippen molar-refractivity contribution in [3.05, 3.63) is 47.6 Å². The fraction of sp³-hybridized carbons (Fsp3) is 0.0833. The lowest BCUT2D eigenvalue weighted by molar-refractivity contribution is 0.415. The van der Waals surface area contributed by atoms with E-state index in [0.717, 1.165) is 17.0 Å². The van der Waals surface area contributed by atoms with Gasteiger partial charge in [-0.05, 0) is 30.3 Å².